The SMILES string of the molecule is CCC=C=CC(C)C(C(C)C)C(NCC)C(C(C)NCC)N(C)CC. The zero-order valence-electron chi connectivity index (χ0n) is 18.4. The molecule has 0 rings (SSSR count). The maximum Gasteiger partial charge on any atom is 0.0399 e. The van der Waals surface area contributed by atoms with Gasteiger partial charge in [0, 0.05) is 18.1 Å². The van der Waals surface area contributed by atoms with E-state index in [1.165, 1.54) is 0 Å². The first-order valence-corrected chi connectivity index (χ1v) is 10.4. The molecule has 5 unspecified atom stereocenters. The van der Waals surface area contributed by atoms with Crippen molar-refractivity contribution < 1.29 is 0 Å². The predicted octanol–water partition coefficient (Wildman–Crippen LogP) is 4.31. The van der Waals surface area contributed by atoms with E-state index in [-0.39, 0.29) is 0 Å². The first kappa shape index (κ1) is 24.4. The van der Waals surface area contributed by atoms with Crippen molar-refractivity contribution in [2.45, 2.75) is 79.9 Å². The molecule has 0 aromatic rings. The maximum atomic E-state index is 3.85. The number of allylic oxidation sites excluding steroid dienone is 1. The van der Waals surface area contributed by atoms with Crippen LogP contribution in [-0.4, -0.2) is 49.7 Å². The summed E-state index contributed by atoms with van der Waals surface area (Å²) in [5.41, 5.74) is 3.40. The van der Waals surface area contributed by atoms with Crippen molar-refractivity contribution in [2.24, 2.45) is 17.8 Å². The van der Waals surface area contributed by atoms with Crippen LogP contribution in [0.4, 0.5) is 0 Å². The van der Waals surface area contributed by atoms with Gasteiger partial charge in [-0.15, -0.1) is 5.73 Å². The maximum absolute atomic E-state index is 3.85. The van der Waals surface area contributed by atoms with E-state index in [9.17, 15) is 0 Å². The van der Waals surface area contributed by atoms with E-state index in [1.54, 1.807) is 0 Å². The van der Waals surface area contributed by atoms with Crippen LogP contribution in [0.2, 0.25) is 0 Å². The van der Waals surface area contributed by atoms with E-state index >= 15 is 0 Å². The lowest BCUT2D eigenvalue weighted by Gasteiger charge is -2.45. The summed E-state index contributed by atoms with van der Waals surface area (Å²) >= 11 is 0. The summed E-state index contributed by atoms with van der Waals surface area (Å²) in [6.07, 6.45) is 5.46. The van der Waals surface area contributed by atoms with E-state index in [2.05, 4.69) is 95.9 Å². The second-order valence-corrected chi connectivity index (χ2v) is 7.62. The minimum Gasteiger partial charge on any atom is -0.313 e. The third-order valence-corrected chi connectivity index (χ3v) is 5.33. The molecule has 0 radical (unpaired) electrons. The summed E-state index contributed by atoms with van der Waals surface area (Å²) in [5, 5.41) is 7.52. The molecule has 3 nitrogen and oxygen atoms in total. The standard InChI is InChI=1S/C22H45N3/c1-10-14-15-16-18(7)20(17(5)6)21(24-12-3)22(25(9)13-4)19(8)23-11-2/h14,16-24H,10-13H2,1-9H3. The first-order chi connectivity index (χ1) is 11.8. The van der Waals surface area contributed by atoms with E-state index in [4.69, 9.17) is 0 Å². The summed E-state index contributed by atoms with van der Waals surface area (Å²) in [6, 6.07) is 1.35. The van der Waals surface area contributed by atoms with Crippen LogP contribution in [0.5, 0.6) is 0 Å². The van der Waals surface area contributed by atoms with Crippen molar-refractivity contribution in [3.63, 3.8) is 0 Å². The van der Waals surface area contributed by atoms with Crippen molar-refractivity contribution >= 4 is 0 Å². The van der Waals surface area contributed by atoms with Crippen LogP contribution in [0.1, 0.15) is 61.8 Å². The van der Waals surface area contributed by atoms with Gasteiger partial charge in [-0.25, -0.2) is 0 Å². The van der Waals surface area contributed by atoms with Gasteiger partial charge in [0.1, 0.15) is 0 Å². The number of likely N-dealkylation sites (N-methyl/N-ethyl adjacent to an activating group) is 3. The second kappa shape index (κ2) is 13.6. The smallest absolute Gasteiger partial charge is 0.0399 e. The third kappa shape index (κ3) is 8.09. The molecular weight excluding hydrogens is 306 g/mol. The summed E-state index contributed by atoms with van der Waals surface area (Å²) in [6.45, 7) is 21.3. The molecule has 0 saturated carbocycles. The van der Waals surface area contributed by atoms with Crippen LogP contribution in [0, 0.1) is 17.8 Å². The van der Waals surface area contributed by atoms with Crippen LogP contribution in [0.25, 0.3) is 0 Å². The van der Waals surface area contributed by atoms with E-state index in [0.29, 0.717) is 35.9 Å². The lowest BCUT2D eigenvalue weighted by molar-refractivity contribution is 0.0965. The zero-order chi connectivity index (χ0) is 19.4. The highest BCUT2D eigenvalue weighted by molar-refractivity contribution is 5.01. The lowest BCUT2D eigenvalue weighted by atomic mass is 9.74. The monoisotopic (exact) mass is 351 g/mol. The van der Waals surface area contributed by atoms with Crippen molar-refractivity contribution in [2.75, 3.05) is 26.7 Å². The number of rotatable bonds is 13. The Bertz CT molecular complexity index is 385. The molecule has 25 heavy (non-hydrogen) atoms. The molecule has 0 spiro atoms. The summed E-state index contributed by atoms with van der Waals surface area (Å²) < 4.78 is 0. The van der Waals surface area contributed by atoms with Gasteiger partial charge in [0.2, 0.25) is 0 Å². The fourth-order valence-corrected chi connectivity index (χ4v) is 4.14. The molecule has 2 N–H and O–H groups in total. The van der Waals surface area contributed by atoms with Gasteiger partial charge in [0.25, 0.3) is 0 Å². The van der Waals surface area contributed by atoms with Crippen molar-refractivity contribution in [1.29, 1.82) is 0 Å². The van der Waals surface area contributed by atoms with Crippen molar-refractivity contribution in [3.8, 4) is 0 Å². The fraction of sp³-hybridized carbons (Fsp3) is 0.864. The molecule has 0 saturated heterocycles. The quantitative estimate of drug-likeness (QED) is 0.484. The molecule has 3 heteroatoms. The molecule has 5 atom stereocenters. The molecule has 0 aromatic heterocycles. The van der Waals surface area contributed by atoms with Crippen molar-refractivity contribution in [3.05, 3.63) is 17.9 Å². The average Bonchev–Trinajstić information content (AvgIpc) is 2.55. The van der Waals surface area contributed by atoms with Crippen molar-refractivity contribution in [1.82, 2.24) is 15.5 Å². The summed E-state index contributed by atoms with van der Waals surface area (Å²) in [7, 11) is 2.26. The molecular formula is C22H45N3. The largest absolute Gasteiger partial charge is 0.313 e. The Balaban J connectivity index is 5.79. The van der Waals surface area contributed by atoms with Gasteiger partial charge < -0.3 is 15.5 Å². The Labute approximate surface area is 158 Å². The highest BCUT2D eigenvalue weighted by Crippen LogP contribution is 2.30. The molecule has 0 aliphatic carbocycles. The van der Waals surface area contributed by atoms with Gasteiger partial charge in [-0.2, -0.15) is 0 Å². The van der Waals surface area contributed by atoms with Crippen LogP contribution in [-0.2, 0) is 0 Å². The number of nitrogens with zero attached hydrogens (tertiary/aromatic N) is 1. The van der Waals surface area contributed by atoms with Gasteiger partial charge in [0.15, 0.2) is 0 Å². The first-order valence-electron chi connectivity index (χ1n) is 10.4. The number of hydrogen-bond donors (Lipinski definition) is 2. The molecule has 148 valence electrons. The highest BCUT2D eigenvalue weighted by atomic mass is 15.2. The second-order valence-electron chi connectivity index (χ2n) is 7.62. The van der Waals surface area contributed by atoms with Gasteiger partial charge >= 0.3 is 0 Å². The minimum atomic E-state index is 0.443. The molecule has 0 aliphatic heterocycles. The van der Waals surface area contributed by atoms with Gasteiger partial charge in [-0.3, -0.25) is 0 Å². The summed E-state index contributed by atoms with van der Waals surface area (Å²) in [4.78, 5) is 2.51. The Kier molecular flexibility index (Phi) is 13.3. The molecule has 0 amide bonds. The Morgan fingerprint density at radius 1 is 0.960 bits per heavy atom. The van der Waals surface area contributed by atoms with Crippen LogP contribution in [0.3, 0.4) is 0 Å². The normalized spacial score (nSPS) is 17.7. The summed E-state index contributed by atoms with van der Waals surface area (Å²) in [5.74, 6) is 1.67. The van der Waals surface area contributed by atoms with Gasteiger partial charge in [0.05, 0.1) is 0 Å². The number of hydrogen-bond acceptors (Lipinski definition) is 3. The van der Waals surface area contributed by atoms with E-state index in [1.807, 2.05) is 0 Å². The Hall–Kier alpha value is -0.600. The van der Waals surface area contributed by atoms with Crippen LogP contribution >= 0.6 is 0 Å². The van der Waals surface area contributed by atoms with Crippen LogP contribution in [0.15, 0.2) is 17.9 Å². The van der Waals surface area contributed by atoms with Gasteiger partial charge in [-0.1, -0.05) is 48.5 Å². The fourth-order valence-electron chi connectivity index (χ4n) is 4.14. The van der Waals surface area contributed by atoms with Gasteiger partial charge in [-0.05, 0) is 69.9 Å². The molecule has 0 bridgehead atoms. The molecule has 0 fully saturated rings. The average molecular weight is 352 g/mol. The Morgan fingerprint density at radius 2 is 1.56 bits per heavy atom. The van der Waals surface area contributed by atoms with Crippen LogP contribution < -0.4 is 10.6 Å². The molecule has 0 aromatic carbocycles. The Morgan fingerprint density at radius 3 is 2.00 bits per heavy atom. The lowest BCUT2D eigenvalue weighted by Crippen LogP contribution is -2.61. The number of nitrogens with one attached hydrogen (secondary N) is 2. The molecule has 0 aliphatic rings. The van der Waals surface area contributed by atoms with E-state index < -0.39 is 0 Å². The third-order valence-electron chi connectivity index (χ3n) is 5.33. The molecule has 0 heterocycles. The predicted molar refractivity (Wildman–Crippen MR) is 113 cm³/mol. The minimum absolute atomic E-state index is 0.443. The zero-order valence-corrected chi connectivity index (χ0v) is 18.4. The topological polar surface area (TPSA) is 27.3 Å². The highest BCUT2D eigenvalue weighted by Gasteiger charge is 2.37. The van der Waals surface area contributed by atoms with E-state index in [0.717, 1.165) is 26.1 Å².